The number of carbonyl (C=O) groups is 2. The van der Waals surface area contributed by atoms with Crippen molar-refractivity contribution in [3.8, 4) is 0 Å². The predicted molar refractivity (Wildman–Crippen MR) is 89.8 cm³/mol. The summed E-state index contributed by atoms with van der Waals surface area (Å²) in [5, 5.41) is 0. The molecule has 4 nitrogen and oxygen atoms in total. The number of unbranched alkanes of at least 4 members (excludes halogenated alkanes) is 1. The molecule has 0 saturated carbocycles. The first-order valence-electron chi connectivity index (χ1n) is 7.94. The average Bonchev–Trinajstić information content (AvgIpc) is 2.90. The first-order chi connectivity index (χ1) is 11.0. The Labute approximate surface area is 137 Å². The number of rotatable bonds is 7. The fraction of sp³-hybridized carbons (Fsp3) is 0.368. The number of hydrogen-bond donors (Lipinski definition) is 0. The van der Waals surface area contributed by atoms with E-state index in [1.165, 1.54) is 5.56 Å². The normalized spacial score (nSPS) is 10.6. The van der Waals surface area contributed by atoms with Gasteiger partial charge < -0.3 is 9.30 Å². The molecule has 0 aliphatic rings. The number of ether oxygens (including phenoxy) is 1. The number of ketones is 1. The van der Waals surface area contributed by atoms with E-state index in [4.69, 9.17) is 4.74 Å². The second-order valence-electron chi connectivity index (χ2n) is 5.72. The number of hydrogen-bond acceptors (Lipinski definition) is 3. The smallest absolute Gasteiger partial charge is 0.355 e. The SMILES string of the molecule is CCCCc1ccc(C(=O)COC(=O)c2ccc(C)n2C)cc1. The number of aryl methyl sites for hydroxylation is 2. The highest BCUT2D eigenvalue weighted by Crippen LogP contribution is 2.10. The summed E-state index contributed by atoms with van der Waals surface area (Å²) >= 11 is 0. The van der Waals surface area contributed by atoms with Crippen molar-refractivity contribution in [2.45, 2.75) is 33.1 Å². The Morgan fingerprint density at radius 3 is 2.35 bits per heavy atom. The summed E-state index contributed by atoms with van der Waals surface area (Å²) in [6.07, 6.45) is 3.31. The summed E-state index contributed by atoms with van der Waals surface area (Å²) in [5.74, 6) is -0.667. The van der Waals surface area contributed by atoms with Crippen molar-refractivity contribution in [1.29, 1.82) is 0 Å². The molecule has 0 aliphatic carbocycles. The number of Topliss-reactive ketones (excluding diaryl/α,β-unsaturated/α-hetero) is 1. The summed E-state index contributed by atoms with van der Waals surface area (Å²) in [4.78, 5) is 24.1. The van der Waals surface area contributed by atoms with Crippen LogP contribution in [0.3, 0.4) is 0 Å². The Morgan fingerprint density at radius 2 is 1.78 bits per heavy atom. The minimum Gasteiger partial charge on any atom is -0.453 e. The van der Waals surface area contributed by atoms with Gasteiger partial charge in [-0.05, 0) is 37.5 Å². The van der Waals surface area contributed by atoms with Gasteiger partial charge in [0.05, 0.1) is 0 Å². The molecule has 23 heavy (non-hydrogen) atoms. The zero-order valence-electron chi connectivity index (χ0n) is 14.0. The zero-order chi connectivity index (χ0) is 16.8. The highest BCUT2D eigenvalue weighted by molar-refractivity contribution is 5.99. The van der Waals surface area contributed by atoms with E-state index in [-0.39, 0.29) is 12.4 Å². The molecule has 4 heteroatoms. The highest BCUT2D eigenvalue weighted by Gasteiger charge is 2.15. The Kier molecular flexibility index (Phi) is 5.74. The number of benzene rings is 1. The molecule has 0 N–H and O–H groups in total. The van der Waals surface area contributed by atoms with Crippen molar-refractivity contribution in [2.75, 3.05) is 6.61 Å². The molecule has 0 fully saturated rings. The molecule has 0 saturated heterocycles. The highest BCUT2D eigenvalue weighted by atomic mass is 16.5. The number of nitrogens with zero attached hydrogens (tertiary/aromatic N) is 1. The van der Waals surface area contributed by atoms with Gasteiger partial charge in [-0.1, -0.05) is 37.6 Å². The molecule has 1 heterocycles. The summed E-state index contributed by atoms with van der Waals surface area (Å²) in [6.45, 7) is 3.82. The molecule has 0 unspecified atom stereocenters. The maximum Gasteiger partial charge on any atom is 0.355 e. The van der Waals surface area contributed by atoms with Crippen LogP contribution in [-0.4, -0.2) is 22.9 Å². The topological polar surface area (TPSA) is 48.3 Å². The van der Waals surface area contributed by atoms with E-state index in [9.17, 15) is 9.59 Å². The summed E-state index contributed by atoms with van der Waals surface area (Å²) < 4.78 is 6.87. The molecule has 2 aromatic rings. The fourth-order valence-electron chi connectivity index (χ4n) is 2.34. The van der Waals surface area contributed by atoms with Crippen molar-refractivity contribution < 1.29 is 14.3 Å². The molecule has 0 atom stereocenters. The average molecular weight is 313 g/mol. The lowest BCUT2D eigenvalue weighted by Crippen LogP contribution is -2.16. The fourth-order valence-corrected chi connectivity index (χ4v) is 2.34. The molecule has 0 radical (unpaired) electrons. The lowest BCUT2D eigenvalue weighted by atomic mass is 10.0. The van der Waals surface area contributed by atoms with E-state index in [0.717, 1.165) is 25.0 Å². The van der Waals surface area contributed by atoms with Crippen molar-refractivity contribution >= 4 is 11.8 Å². The molecule has 0 aliphatic heterocycles. The molecule has 1 aromatic carbocycles. The zero-order valence-corrected chi connectivity index (χ0v) is 14.0. The van der Waals surface area contributed by atoms with Gasteiger partial charge in [0.25, 0.3) is 0 Å². The summed E-state index contributed by atoms with van der Waals surface area (Å²) in [5.41, 5.74) is 3.21. The lowest BCUT2D eigenvalue weighted by Gasteiger charge is -2.07. The molecule has 0 bridgehead atoms. The quantitative estimate of drug-likeness (QED) is 0.578. The molecule has 0 spiro atoms. The van der Waals surface area contributed by atoms with Crippen LogP contribution in [0.15, 0.2) is 36.4 Å². The summed E-state index contributed by atoms with van der Waals surface area (Å²) in [6, 6.07) is 11.1. The Morgan fingerprint density at radius 1 is 1.09 bits per heavy atom. The van der Waals surface area contributed by atoms with Gasteiger partial charge in [-0.25, -0.2) is 4.79 Å². The molecule has 1 aromatic heterocycles. The monoisotopic (exact) mass is 313 g/mol. The molecule has 122 valence electrons. The number of carbonyl (C=O) groups excluding carboxylic acids is 2. The molecule has 0 amide bonds. The van der Waals surface area contributed by atoms with Gasteiger partial charge in [0.15, 0.2) is 12.4 Å². The minimum atomic E-state index is -0.478. The van der Waals surface area contributed by atoms with Gasteiger partial charge in [-0.15, -0.1) is 0 Å². The van der Waals surface area contributed by atoms with Crippen LogP contribution in [0.4, 0.5) is 0 Å². The van der Waals surface area contributed by atoms with Crippen molar-refractivity contribution in [1.82, 2.24) is 4.57 Å². The van der Waals surface area contributed by atoms with Gasteiger partial charge in [-0.2, -0.15) is 0 Å². The minimum absolute atomic E-state index is 0.189. The van der Waals surface area contributed by atoms with E-state index in [1.807, 2.05) is 25.1 Å². The third-order valence-corrected chi connectivity index (χ3v) is 4.01. The van der Waals surface area contributed by atoms with Crippen LogP contribution in [-0.2, 0) is 18.2 Å². The van der Waals surface area contributed by atoms with Crippen LogP contribution in [0.25, 0.3) is 0 Å². The molecular formula is C19H23NO3. The standard InChI is InChI=1S/C19H23NO3/c1-4-5-6-15-8-10-16(11-9-15)18(21)13-23-19(22)17-12-7-14(2)20(17)3/h7-12H,4-6,13H2,1-3H3. The third-order valence-electron chi connectivity index (χ3n) is 4.01. The maximum absolute atomic E-state index is 12.1. The Bertz CT molecular complexity index is 683. The lowest BCUT2D eigenvalue weighted by molar-refractivity contribution is 0.0465. The predicted octanol–water partition coefficient (Wildman–Crippen LogP) is 3.72. The van der Waals surface area contributed by atoms with Gasteiger partial charge >= 0.3 is 5.97 Å². The van der Waals surface area contributed by atoms with Crippen LogP contribution < -0.4 is 0 Å². The first-order valence-corrected chi connectivity index (χ1v) is 7.94. The second kappa shape index (κ2) is 7.77. The number of esters is 1. The Hall–Kier alpha value is -2.36. The molecule has 2 rings (SSSR count). The van der Waals surface area contributed by atoms with Gasteiger partial charge in [-0.3, -0.25) is 4.79 Å². The van der Waals surface area contributed by atoms with Crippen molar-refractivity contribution in [3.63, 3.8) is 0 Å². The Balaban J connectivity index is 1.91. The molecular weight excluding hydrogens is 290 g/mol. The van der Waals surface area contributed by atoms with E-state index >= 15 is 0 Å². The van der Waals surface area contributed by atoms with Crippen molar-refractivity contribution in [3.05, 3.63) is 58.9 Å². The maximum atomic E-state index is 12.1. The van der Waals surface area contributed by atoms with Gasteiger partial charge in [0.2, 0.25) is 0 Å². The summed E-state index contributed by atoms with van der Waals surface area (Å²) in [7, 11) is 1.79. The largest absolute Gasteiger partial charge is 0.453 e. The van der Waals surface area contributed by atoms with Gasteiger partial charge in [0.1, 0.15) is 5.69 Å². The van der Waals surface area contributed by atoms with Crippen LogP contribution in [0.1, 0.15) is 51.9 Å². The first kappa shape index (κ1) is 17.0. The van der Waals surface area contributed by atoms with Crippen molar-refractivity contribution in [2.24, 2.45) is 7.05 Å². The van der Waals surface area contributed by atoms with Crippen LogP contribution >= 0.6 is 0 Å². The van der Waals surface area contributed by atoms with Gasteiger partial charge in [0, 0.05) is 18.3 Å². The van der Waals surface area contributed by atoms with Crippen LogP contribution in [0.2, 0.25) is 0 Å². The number of aromatic nitrogens is 1. The van der Waals surface area contributed by atoms with E-state index in [1.54, 1.807) is 29.8 Å². The van der Waals surface area contributed by atoms with E-state index < -0.39 is 5.97 Å². The second-order valence-corrected chi connectivity index (χ2v) is 5.72. The van der Waals surface area contributed by atoms with Crippen LogP contribution in [0, 0.1) is 6.92 Å². The van der Waals surface area contributed by atoms with E-state index in [0.29, 0.717) is 11.3 Å². The van der Waals surface area contributed by atoms with E-state index in [2.05, 4.69) is 6.92 Å². The van der Waals surface area contributed by atoms with Crippen LogP contribution in [0.5, 0.6) is 0 Å². The third kappa shape index (κ3) is 4.31.